The van der Waals surface area contributed by atoms with Crippen molar-refractivity contribution in [3.05, 3.63) is 0 Å². The lowest BCUT2D eigenvalue weighted by atomic mass is 9.73. The molecule has 1 aliphatic rings. The summed E-state index contributed by atoms with van der Waals surface area (Å²) in [6.07, 6.45) is 4.29. The quantitative estimate of drug-likeness (QED) is 0.720. The minimum Gasteiger partial charge on any atom is -0.316 e. The Balaban J connectivity index is 2.23. The molecule has 3 heteroatoms. The third-order valence-corrected chi connectivity index (χ3v) is 4.05. The van der Waals surface area contributed by atoms with Crippen molar-refractivity contribution in [3.8, 4) is 6.07 Å². The summed E-state index contributed by atoms with van der Waals surface area (Å²) in [4.78, 5) is 2.42. The minimum atomic E-state index is 0.383. The van der Waals surface area contributed by atoms with E-state index in [1.807, 2.05) is 0 Å². The molecule has 1 heterocycles. The number of rotatable bonds is 6. The van der Waals surface area contributed by atoms with Crippen LogP contribution in [0, 0.1) is 22.7 Å². The summed E-state index contributed by atoms with van der Waals surface area (Å²) in [7, 11) is 2.21. The second-order valence-corrected chi connectivity index (χ2v) is 6.00. The summed E-state index contributed by atoms with van der Waals surface area (Å²) in [5, 5.41) is 12.0. The van der Waals surface area contributed by atoms with E-state index in [0.29, 0.717) is 11.8 Å². The van der Waals surface area contributed by atoms with Crippen molar-refractivity contribution in [2.24, 2.45) is 11.3 Å². The Morgan fingerprint density at radius 3 is 2.59 bits per heavy atom. The van der Waals surface area contributed by atoms with Crippen molar-refractivity contribution in [1.29, 1.82) is 5.26 Å². The standard InChI is InChI=1S/C14H27N3/c1-14(2,12-16-9-5-4-8-15)13-6-10-17(3)11-7-13/h13,16H,4-7,9-12H2,1-3H3. The van der Waals surface area contributed by atoms with Crippen LogP contribution in [0.3, 0.4) is 0 Å². The third kappa shape index (κ3) is 5.06. The first kappa shape index (κ1) is 14.5. The predicted molar refractivity (Wildman–Crippen MR) is 71.7 cm³/mol. The lowest BCUT2D eigenvalue weighted by Gasteiger charge is -2.40. The number of hydrogen-bond donors (Lipinski definition) is 1. The number of unbranched alkanes of at least 4 members (excludes halogenated alkanes) is 1. The van der Waals surface area contributed by atoms with E-state index < -0.39 is 0 Å². The van der Waals surface area contributed by atoms with E-state index in [-0.39, 0.29) is 0 Å². The average molecular weight is 237 g/mol. The molecule has 1 rings (SSSR count). The van der Waals surface area contributed by atoms with Gasteiger partial charge < -0.3 is 10.2 Å². The summed E-state index contributed by atoms with van der Waals surface area (Å²) in [6.45, 7) is 9.28. The van der Waals surface area contributed by atoms with E-state index in [4.69, 9.17) is 5.26 Å². The van der Waals surface area contributed by atoms with Crippen LogP contribution in [0.15, 0.2) is 0 Å². The van der Waals surface area contributed by atoms with E-state index in [0.717, 1.165) is 25.4 Å². The molecule has 0 radical (unpaired) electrons. The first-order valence-electron chi connectivity index (χ1n) is 6.82. The van der Waals surface area contributed by atoms with Crippen molar-refractivity contribution >= 4 is 0 Å². The summed E-state index contributed by atoms with van der Waals surface area (Å²) in [5.41, 5.74) is 0.383. The van der Waals surface area contributed by atoms with Crippen molar-refractivity contribution in [3.63, 3.8) is 0 Å². The van der Waals surface area contributed by atoms with E-state index in [1.54, 1.807) is 0 Å². The van der Waals surface area contributed by atoms with Crippen molar-refractivity contribution in [2.45, 2.75) is 39.5 Å². The summed E-state index contributed by atoms with van der Waals surface area (Å²) < 4.78 is 0. The van der Waals surface area contributed by atoms with Crippen LogP contribution in [0.5, 0.6) is 0 Å². The maximum atomic E-state index is 8.47. The largest absolute Gasteiger partial charge is 0.316 e. The summed E-state index contributed by atoms with van der Waals surface area (Å²) in [5.74, 6) is 0.835. The van der Waals surface area contributed by atoms with Gasteiger partial charge >= 0.3 is 0 Å². The Hall–Kier alpha value is -0.590. The van der Waals surface area contributed by atoms with Crippen LogP contribution < -0.4 is 5.32 Å². The van der Waals surface area contributed by atoms with Gasteiger partial charge in [-0.25, -0.2) is 0 Å². The molecule has 1 saturated heterocycles. The number of hydrogen-bond acceptors (Lipinski definition) is 3. The third-order valence-electron chi connectivity index (χ3n) is 4.05. The topological polar surface area (TPSA) is 39.1 Å². The van der Waals surface area contributed by atoms with Crippen LogP contribution in [0.25, 0.3) is 0 Å². The van der Waals surface area contributed by atoms with Gasteiger partial charge in [-0.05, 0) is 57.3 Å². The van der Waals surface area contributed by atoms with Gasteiger partial charge in [-0.2, -0.15) is 5.26 Å². The van der Waals surface area contributed by atoms with Crippen LogP contribution in [-0.4, -0.2) is 38.1 Å². The van der Waals surface area contributed by atoms with Gasteiger partial charge in [-0.1, -0.05) is 13.8 Å². The highest BCUT2D eigenvalue weighted by Crippen LogP contribution is 2.34. The lowest BCUT2D eigenvalue weighted by Crippen LogP contribution is -2.42. The zero-order chi connectivity index (χ0) is 12.7. The highest BCUT2D eigenvalue weighted by Gasteiger charge is 2.31. The van der Waals surface area contributed by atoms with Gasteiger partial charge in [0.05, 0.1) is 6.07 Å². The predicted octanol–water partition coefficient (Wildman–Crippen LogP) is 2.25. The van der Waals surface area contributed by atoms with Gasteiger partial charge in [0.25, 0.3) is 0 Å². The fourth-order valence-corrected chi connectivity index (χ4v) is 2.64. The molecule has 0 aromatic carbocycles. The SMILES string of the molecule is CN1CCC(C(C)(C)CNCCCC#N)CC1. The summed E-state index contributed by atoms with van der Waals surface area (Å²) >= 11 is 0. The van der Waals surface area contributed by atoms with Crippen molar-refractivity contribution in [1.82, 2.24) is 10.2 Å². The molecule has 0 spiro atoms. The molecule has 0 bridgehead atoms. The van der Waals surface area contributed by atoms with E-state index in [2.05, 4.69) is 37.2 Å². The Bertz CT molecular complexity index is 247. The molecular formula is C14H27N3. The Morgan fingerprint density at radius 2 is 2.00 bits per heavy atom. The molecular weight excluding hydrogens is 210 g/mol. The fourth-order valence-electron chi connectivity index (χ4n) is 2.64. The summed E-state index contributed by atoms with van der Waals surface area (Å²) in [6, 6.07) is 2.19. The maximum Gasteiger partial charge on any atom is 0.0622 e. The van der Waals surface area contributed by atoms with Gasteiger partial charge in [0.1, 0.15) is 0 Å². The smallest absolute Gasteiger partial charge is 0.0622 e. The van der Waals surface area contributed by atoms with Crippen molar-refractivity contribution in [2.75, 3.05) is 33.2 Å². The van der Waals surface area contributed by atoms with Gasteiger partial charge in [-0.3, -0.25) is 0 Å². The van der Waals surface area contributed by atoms with Gasteiger partial charge in [-0.15, -0.1) is 0 Å². The average Bonchev–Trinajstić information content (AvgIpc) is 2.29. The molecule has 0 amide bonds. The van der Waals surface area contributed by atoms with E-state index in [9.17, 15) is 0 Å². The number of likely N-dealkylation sites (tertiary alicyclic amines) is 1. The van der Waals surface area contributed by atoms with Crippen molar-refractivity contribution < 1.29 is 0 Å². The number of nitrogens with one attached hydrogen (secondary N) is 1. The zero-order valence-electron chi connectivity index (χ0n) is 11.6. The normalized spacial score (nSPS) is 19.2. The molecule has 0 unspecified atom stereocenters. The molecule has 0 aliphatic carbocycles. The Morgan fingerprint density at radius 1 is 1.35 bits per heavy atom. The van der Waals surface area contributed by atoms with Crippen LogP contribution in [-0.2, 0) is 0 Å². The minimum absolute atomic E-state index is 0.383. The van der Waals surface area contributed by atoms with E-state index >= 15 is 0 Å². The van der Waals surface area contributed by atoms with E-state index in [1.165, 1.54) is 25.9 Å². The maximum absolute atomic E-state index is 8.47. The molecule has 0 aromatic heterocycles. The van der Waals surface area contributed by atoms with Crippen LogP contribution in [0.2, 0.25) is 0 Å². The molecule has 1 aliphatic heterocycles. The van der Waals surface area contributed by atoms with Crippen LogP contribution in [0.4, 0.5) is 0 Å². The molecule has 17 heavy (non-hydrogen) atoms. The molecule has 1 fully saturated rings. The first-order valence-corrected chi connectivity index (χ1v) is 6.82. The second kappa shape index (κ2) is 6.98. The highest BCUT2D eigenvalue weighted by atomic mass is 15.1. The lowest BCUT2D eigenvalue weighted by molar-refractivity contribution is 0.113. The second-order valence-electron chi connectivity index (χ2n) is 6.00. The Labute approximate surface area is 106 Å². The van der Waals surface area contributed by atoms with Gasteiger partial charge in [0.2, 0.25) is 0 Å². The number of piperidine rings is 1. The molecule has 1 N–H and O–H groups in total. The zero-order valence-corrected chi connectivity index (χ0v) is 11.6. The van der Waals surface area contributed by atoms with Crippen LogP contribution >= 0.6 is 0 Å². The number of nitriles is 1. The first-order chi connectivity index (χ1) is 8.06. The Kier molecular flexibility index (Phi) is 5.94. The molecule has 0 saturated carbocycles. The molecule has 98 valence electrons. The monoisotopic (exact) mass is 237 g/mol. The molecule has 0 aromatic rings. The van der Waals surface area contributed by atoms with Crippen LogP contribution in [0.1, 0.15) is 39.5 Å². The molecule has 3 nitrogen and oxygen atoms in total. The fraction of sp³-hybridized carbons (Fsp3) is 0.929. The number of nitrogens with zero attached hydrogens (tertiary/aromatic N) is 2. The highest BCUT2D eigenvalue weighted by molar-refractivity contribution is 4.84. The van der Waals surface area contributed by atoms with Gasteiger partial charge in [0, 0.05) is 13.0 Å². The molecule has 0 atom stereocenters. The van der Waals surface area contributed by atoms with Gasteiger partial charge in [0.15, 0.2) is 0 Å².